The van der Waals surface area contributed by atoms with E-state index < -0.39 is 6.10 Å². The van der Waals surface area contributed by atoms with Crippen molar-refractivity contribution in [1.29, 1.82) is 0 Å². The molecule has 0 aromatic carbocycles. The molecule has 0 aliphatic heterocycles. The number of carbonyl (C=O) groups excluding carboxylic acids is 3. The maximum Gasteiger partial charge on any atom is 0.306 e. The summed E-state index contributed by atoms with van der Waals surface area (Å²) >= 11 is 0. The molecule has 0 aromatic rings. The van der Waals surface area contributed by atoms with E-state index in [4.69, 9.17) is 14.2 Å². The number of hydrogen-bond donors (Lipinski definition) is 0. The molecule has 0 spiro atoms. The fraction of sp³-hybridized carbons (Fsp3) is 0.708. The lowest BCUT2D eigenvalue weighted by Crippen LogP contribution is -2.30. The largest absolute Gasteiger partial charge is 0.462 e. The number of rotatable bonds is 59. The second-order valence-corrected chi connectivity index (χ2v) is 21.6. The molecule has 0 aliphatic carbocycles. The quantitative estimate of drug-likeness (QED) is 0.0261. The topological polar surface area (TPSA) is 78.9 Å². The fourth-order valence-electron chi connectivity index (χ4n) is 9.10. The van der Waals surface area contributed by atoms with Crippen LogP contribution in [0, 0.1) is 0 Å². The molecule has 0 fully saturated rings. The van der Waals surface area contributed by atoms with E-state index in [1.807, 2.05) is 0 Å². The molecule has 78 heavy (non-hydrogen) atoms. The first-order valence-electron chi connectivity index (χ1n) is 32.9. The normalized spacial score (nSPS) is 12.8. The lowest BCUT2D eigenvalue weighted by Gasteiger charge is -2.18. The summed E-state index contributed by atoms with van der Waals surface area (Å²) in [6.45, 7) is 6.51. The maximum absolute atomic E-state index is 12.9. The van der Waals surface area contributed by atoms with Crippen LogP contribution in [0.25, 0.3) is 0 Å². The Labute approximate surface area is 482 Å². The first-order chi connectivity index (χ1) is 38.5. The van der Waals surface area contributed by atoms with Gasteiger partial charge in [-0.3, -0.25) is 14.4 Å². The minimum absolute atomic E-state index is 0.0815. The van der Waals surface area contributed by atoms with Crippen LogP contribution >= 0.6 is 0 Å². The van der Waals surface area contributed by atoms with E-state index in [-0.39, 0.29) is 31.1 Å². The first kappa shape index (κ1) is 74.1. The van der Waals surface area contributed by atoms with Crippen molar-refractivity contribution in [2.24, 2.45) is 0 Å². The zero-order chi connectivity index (χ0) is 56.4. The van der Waals surface area contributed by atoms with Gasteiger partial charge in [0.1, 0.15) is 13.2 Å². The van der Waals surface area contributed by atoms with Gasteiger partial charge in [-0.2, -0.15) is 0 Å². The third-order valence-corrected chi connectivity index (χ3v) is 14.0. The molecule has 0 N–H and O–H groups in total. The fourth-order valence-corrected chi connectivity index (χ4v) is 9.10. The Balaban J connectivity index is 4.20. The Hall–Kier alpha value is -3.93. The lowest BCUT2D eigenvalue weighted by molar-refractivity contribution is -0.167. The molecule has 0 amide bonds. The van der Waals surface area contributed by atoms with Crippen molar-refractivity contribution in [3.63, 3.8) is 0 Å². The van der Waals surface area contributed by atoms with Crippen molar-refractivity contribution in [2.45, 2.75) is 316 Å². The van der Waals surface area contributed by atoms with Gasteiger partial charge >= 0.3 is 17.9 Å². The van der Waals surface area contributed by atoms with Gasteiger partial charge in [-0.05, 0) is 109 Å². The zero-order valence-corrected chi connectivity index (χ0v) is 51.2. The molecule has 1 atom stereocenters. The molecular weight excluding hydrogens is 961 g/mol. The number of carbonyl (C=O) groups is 3. The molecule has 0 saturated carbocycles. The molecule has 0 saturated heterocycles. The zero-order valence-electron chi connectivity index (χ0n) is 51.2. The number of hydrogen-bond acceptors (Lipinski definition) is 6. The van der Waals surface area contributed by atoms with E-state index >= 15 is 0 Å². The van der Waals surface area contributed by atoms with Gasteiger partial charge in [-0.25, -0.2) is 0 Å². The lowest BCUT2D eigenvalue weighted by atomic mass is 10.0. The molecule has 0 bridgehead atoms. The summed E-state index contributed by atoms with van der Waals surface area (Å²) in [5.74, 6) is -0.891. The number of allylic oxidation sites excluding steroid dienone is 18. The molecule has 446 valence electrons. The molecule has 0 aliphatic rings. The van der Waals surface area contributed by atoms with E-state index in [9.17, 15) is 14.4 Å². The predicted octanol–water partition coefficient (Wildman–Crippen LogP) is 22.6. The molecule has 0 rings (SSSR count). The van der Waals surface area contributed by atoms with Crippen LogP contribution in [-0.2, 0) is 28.6 Å². The first-order valence-corrected chi connectivity index (χ1v) is 32.9. The highest BCUT2D eigenvalue weighted by atomic mass is 16.6. The highest BCUT2D eigenvalue weighted by Gasteiger charge is 2.19. The monoisotopic (exact) mass is 1080 g/mol. The van der Waals surface area contributed by atoms with Crippen LogP contribution in [0.1, 0.15) is 310 Å². The van der Waals surface area contributed by atoms with Crippen LogP contribution in [0.4, 0.5) is 0 Å². The smallest absolute Gasteiger partial charge is 0.306 e. The van der Waals surface area contributed by atoms with E-state index in [0.29, 0.717) is 19.3 Å². The summed E-state index contributed by atoms with van der Waals surface area (Å²) in [4.78, 5) is 38.2. The van der Waals surface area contributed by atoms with Crippen LogP contribution in [0.15, 0.2) is 109 Å². The Kier molecular flexibility index (Phi) is 62.3. The van der Waals surface area contributed by atoms with Crippen molar-refractivity contribution in [3.8, 4) is 0 Å². The van der Waals surface area contributed by atoms with Crippen LogP contribution in [0.2, 0.25) is 0 Å². The molecule has 1 unspecified atom stereocenters. The minimum atomic E-state index is -0.785. The van der Waals surface area contributed by atoms with Crippen molar-refractivity contribution in [3.05, 3.63) is 109 Å². The Morgan fingerprint density at radius 3 is 0.795 bits per heavy atom. The highest BCUT2D eigenvalue weighted by Crippen LogP contribution is 2.16. The van der Waals surface area contributed by atoms with Gasteiger partial charge in [-0.15, -0.1) is 0 Å². The summed E-state index contributed by atoms with van der Waals surface area (Å²) in [5.41, 5.74) is 0. The second-order valence-electron chi connectivity index (χ2n) is 21.6. The van der Waals surface area contributed by atoms with Crippen LogP contribution in [-0.4, -0.2) is 37.2 Å². The molecular formula is C72H122O6. The number of esters is 3. The summed E-state index contributed by atoms with van der Waals surface area (Å²) in [6, 6.07) is 0. The predicted molar refractivity (Wildman–Crippen MR) is 339 cm³/mol. The molecule has 0 radical (unpaired) electrons. The van der Waals surface area contributed by atoms with Crippen molar-refractivity contribution >= 4 is 17.9 Å². The van der Waals surface area contributed by atoms with Crippen molar-refractivity contribution in [2.75, 3.05) is 13.2 Å². The van der Waals surface area contributed by atoms with E-state index in [0.717, 1.165) is 128 Å². The molecule has 6 nitrogen and oxygen atoms in total. The highest BCUT2D eigenvalue weighted by molar-refractivity contribution is 5.71. The van der Waals surface area contributed by atoms with Crippen LogP contribution < -0.4 is 0 Å². The van der Waals surface area contributed by atoms with Crippen molar-refractivity contribution in [1.82, 2.24) is 0 Å². The summed E-state index contributed by atoms with van der Waals surface area (Å²) in [6.07, 6.45) is 89.6. The Bertz CT molecular complexity index is 1570. The number of ether oxygens (including phenoxy) is 3. The minimum Gasteiger partial charge on any atom is -0.462 e. The van der Waals surface area contributed by atoms with Crippen LogP contribution in [0.5, 0.6) is 0 Å². The second kappa shape index (κ2) is 65.6. The van der Waals surface area contributed by atoms with Gasteiger partial charge in [0.05, 0.1) is 0 Å². The average molecular weight is 1080 g/mol. The van der Waals surface area contributed by atoms with E-state index in [2.05, 4.69) is 130 Å². The van der Waals surface area contributed by atoms with Gasteiger partial charge < -0.3 is 14.2 Å². The summed E-state index contributed by atoms with van der Waals surface area (Å²) in [7, 11) is 0. The van der Waals surface area contributed by atoms with Crippen molar-refractivity contribution < 1.29 is 28.6 Å². The summed E-state index contributed by atoms with van der Waals surface area (Å²) in [5, 5.41) is 0. The molecule has 6 heteroatoms. The Morgan fingerprint density at radius 1 is 0.269 bits per heavy atom. The van der Waals surface area contributed by atoms with Gasteiger partial charge in [0.2, 0.25) is 0 Å². The van der Waals surface area contributed by atoms with Gasteiger partial charge in [0.25, 0.3) is 0 Å². The maximum atomic E-state index is 12.9. The summed E-state index contributed by atoms with van der Waals surface area (Å²) < 4.78 is 16.9. The SMILES string of the molecule is CC/C=C\C/C=C\C/C=C\C/C=C\C/C=C\C/C=C\C/C=C\CCCCCCCCCCCCCC(=O)OCC(COC(=O)CCCCCCCCCCCCC)OC(=O)CCCCCCC/C=C\C/C=C\CCCCCC. The van der Waals surface area contributed by atoms with Crippen LogP contribution in [0.3, 0.4) is 0 Å². The molecule has 0 aromatic heterocycles. The third-order valence-electron chi connectivity index (χ3n) is 14.0. The standard InChI is InChI=1S/C72H122O6/c1-4-7-10-13-16-19-22-24-26-28-29-30-31-32-33-34-35-36-37-38-39-40-41-42-43-44-46-47-50-53-56-59-62-65-71(74)77-68-69(67-76-70(73)64-61-58-55-52-49-21-18-15-12-9-6-3)78-72(75)66-63-60-57-54-51-48-45-27-25-23-20-17-14-11-8-5-2/h7,10,16,19-20,23-24,26-27,29-30,32-33,35-36,38-39,45,69H,4-6,8-9,11-15,17-18,21-22,25,28,31,34,37,40-44,46-68H2,1-3H3/b10-7-,19-16-,23-20-,26-24-,30-29-,33-32-,36-35-,39-38-,45-27-. The Morgan fingerprint density at radius 2 is 0.500 bits per heavy atom. The average Bonchev–Trinajstić information content (AvgIpc) is 3.44. The molecule has 0 heterocycles. The van der Waals surface area contributed by atoms with Gasteiger partial charge in [-0.1, -0.05) is 291 Å². The number of unbranched alkanes of at least 4 members (excludes halogenated alkanes) is 30. The van der Waals surface area contributed by atoms with E-state index in [1.165, 1.54) is 141 Å². The van der Waals surface area contributed by atoms with Gasteiger partial charge in [0, 0.05) is 19.3 Å². The van der Waals surface area contributed by atoms with E-state index in [1.54, 1.807) is 0 Å². The third kappa shape index (κ3) is 62.9. The van der Waals surface area contributed by atoms with Gasteiger partial charge in [0.15, 0.2) is 6.10 Å².